The Morgan fingerprint density at radius 3 is 2.39 bits per heavy atom. The van der Waals surface area contributed by atoms with Crippen molar-refractivity contribution >= 4 is 16.8 Å². The molecule has 0 spiro atoms. The van der Waals surface area contributed by atoms with Crippen molar-refractivity contribution < 1.29 is 13.6 Å². The molecule has 1 amide bonds. The molecule has 0 bridgehead atoms. The summed E-state index contributed by atoms with van der Waals surface area (Å²) >= 11 is 0. The van der Waals surface area contributed by atoms with Gasteiger partial charge in [0.2, 0.25) is 0 Å². The molecule has 0 saturated heterocycles. The van der Waals surface area contributed by atoms with Gasteiger partial charge in [0.15, 0.2) is 0 Å². The van der Waals surface area contributed by atoms with Gasteiger partial charge in [-0.15, -0.1) is 10.2 Å². The van der Waals surface area contributed by atoms with E-state index in [-0.39, 0.29) is 22.7 Å². The molecule has 1 saturated carbocycles. The van der Waals surface area contributed by atoms with Crippen LogP contribution >= 0.6 is 0 Å². The Labute approximate surface area is 177 Å². The van der Waals surface area contributed by atoms with Crippen LogP contribution in [0.1, 0.15) is 30.3 Å². The SMILES string of the molecule is CC1(NC(=O)c2cccc(-c3cccc4cc(-c5c(F)cccc5F)nnc34)n2)CC1. The number of hydrogen-bond donors (Lipinski definition) is 1. The van der Waals surface area contributed by atoms with Crippen molar-refractivity contribution in [1.29, 1.82) is 0 Å². The monoisotopic (exact) mass is 416 g/mol. The summed E-state index contributed by atoms with van der Waals surface area (Å²) < 4.78 is 28.3. The normalized spacial score (nSPS) is 14.4. The quantitative estimate of drug-likeness (QED) is 0.513. The van der Waals surface area contributed by atoms with E-state index in [9.17, 15) is 13.6 Å². The largest absolute Gasteiger partial charge is 0.346 e. The van der Waals surface area contributed by atoms with Crippen LogP contribution in [0.3, 0.4) is 0 Å². The first-order valence-electron chi connectivity index (χ1n) is 9.94. The molecule has 2 heterocycles. The summed E-state index contributed by atoms with van der Waals surface area (Å²) in [5.74, 6) is -1.62. The Kier molecular flexibility index (Phi) is 4.46. The van der Waals surface area contributed by atoms with Crippen LogP contribution in [0.15, 0.2) is 60.7 Å². The van der Waals surface area contributed by atoms with Gasteiger partial charge in [-0.3, -0.25) is 4.79 Å². The van der Waals surface area contributed by atoms with Gasteiger partial charge in [-0.1, -0.05) is 30.3 Å². The molecule has 2 aromatic heterocycles. The molecule has 1 aliphatic carbocycles. The number of halogens is 2. The van der Waals surface area contributed by atoms with Gasteiger partial charge in [-0.2, -0.15) is 0 Å². The summed E-state index contributed by atoms with van der Waals surface area (Å²) in [6.45, 7) is 2.00. The molecule has 4 aromatic rings. The van der Waals surface area contributed by atoms with E-state index in [1.54, 1.807) is 36.4 Å². The molecule has 5 rings (SSSR count). The number of hydrogen-bond acceptors (Lipinski definition) is 4. The number of nitrogens with zero attached hydrogens (tertiary/aromatic N) is 3. The fourth-order valence-corrected chi connectivity index (χ4v) is 3.50. The Bertz CT molecular complexity index is 1310. The average molecular weight is 416 g/mol. The van der Waals surface area contributed by atoms with E-state index in [1.165, 1.54) is 18.2 Å². The highest BCUT2D eigenvalue weighted by atomic mass is 19.1. The van der Waals surface area contributed by atoms with E-state index in [2.05, 4.69) is 20.5 Å². The molecule has 7 heteroatoms. The number of pyridine rings is 1. The smallest absolute Gasteiger partial charge is 0.270 e. The second-order valence-corrected chi connectivity index (χ2v) is 7.99. The van der Waals surface area contributed by atoms with Gasteiger partial charge < -0.3 is 5.32 Å². The minimum atomic E-state index is -0.699. The third-order valence-corrected chi connectivity index (χ3v) is 5.51. The fourth-order valence-electron chi connectivity index (χ4n) is 3.50. The predicted octanol–water partition coefficient (Wildman–Crippen LogP) is 4.92. The van der Waals surface area contributed by atoms with E-state index in [4.69, 9.17) is 0 Å². The molecule has 0 radical (unpaired) electrons. The lowest BCUT2D eigenvalue weighted by Crippen LogP contribution is -2.34. The van der Waals surface area contributed by atoms with Gasteiger partial charge in [0.1, 0.15) is 22.8 Å². The number of amides is 1. The first kappa shape index (κ1) is 19.2. The van der Waals surface area contributed by atoms with E-state index < -0.39 is 11.6 Å². The third-order valence-electron chi connectivity index (χ3n) is 5.51. The van der Waals surface area contributed by atoms with Crippen molar-refractivity contribution in [2.45, 2.75) is 25.3 Å². The van der Waals surface area contributed by atoms with Crippen molar-refractivity contribution in [3.63, 3.8) is 0 Å². The molecule has 31 heavy (non-hydrogen) atoms. The van der Waals surface area contributed by atoms with E-state index in [0.717, 1.165) is 12.8 Å². The lowest BCUT2D eigenvalue weighted by Gasteiger charge is -2.12. The third kappa shape index (κ3) is 3.63. The highest BCUT2D eigenvalue weighted by Gasteiger charge is 2.39. The number of carbonyl (C=O) groups excluding carboxylic acids is 1. The molecule has 1 fully saturated rings. The van der Waals surface area contributed by atoms with Crippen molar-refractivity contribution in [2.24, 2.45) is 0 Å². The number of carbonyl (C=O) groups is 1. The van der Waals surface area contributed by atoms with Crippen LogP contribution in [0.4, 0.5) is 8.78 Å². The van der Waals surface area contributed by atoms with Crippen LogP contribution < -0.4 is 5.32 Å². The number of benzene rings is 2. The van der Waals surface area contributed by atoms with Crippen LogP contribution in [-0.2, 0) is 0 Å². The van der Waals surface area contributed by atoms with Gasteiger partial charge in [-0.25, -0.2) is 13.8 Å². The zero-order valence-electron chi connectivity index (χ0n) is 16.7. The van der Waals surface area contributed by atoms with Crippen LogP contribution in [0, 0.1) is 11.6 Å². The Balaban J connectivity index is 1.56. The second-order valence-electron chi connectivity index (χ2n) is 7.99. The molecule has 2 aromatic carbocycles. The summed E-state index contributed by atoms with van der Waals surface area (Å²) in [6.07, 6.45) is 1.92. The number of aromatic nitrogens is 3. The average Bonchev–Trinajstić information content (AvgIpc) is 3.49. The molecule has 0 unspecified atom stereocenters. The maximum atomic E-state index is 14.2. The molecule has 0 atom stereocenters. The minimum Gasteiger partial charge on any atom is -0.346 e. The summed E-state index contributed by atoms with van der Waals surface area (Å²) in [5, 5.41) is 12.0. The Hall–Kier alpha value is -3.74. The fraction of sp³-hybridized carbons (Fsp3) is 0.167. The van der Waals surface area contributed by atoms with Crippen molar-refractivity contribution in [2.75, 3.05) is 0 Å². The van der Waals surface area contributed by atoms with Crippen LogP contribution in [0.25, 0.3) is 33.4 Å². The van der Waals surface area contributed by atoms with E-state index in [0.29, 0.717) is 27.9 Å². The highest BCUT2D eigenvalue weighted by Crippen LogP contribution is 2.34. The molecule has 1 aliphatic rings. The Morgan fingerprint density at radius 1 is 0.935 bits per heavy atom. The van der Waals surface area contributed by atoms with Crippen molar-refractivity contribution in [1.82, 2.24) is 20.5 Å². The van der Waals surface area contributed by atoms with Gasteiger partial charge in [0, 0.05) is 16.5 Å². The summed E-state index contributed by atoms with van der Waals surface area (Å²) in [6, 6.07) is 15.9. The molecular formula is C24H18F2N4O. The predicted molar refractivity (Wildman–Crippen MR) is 113 cm³/mol. The van der Waals surface area contributed by atoms with Crippen molar-refractivity contribution in [3.05, 3.63) is 78.0 Å². The zero-order valence-corrected chi connectivity index (χ0v) is 16.7. The van der Waals surface area contributed by atoms with Crippen LogP contribution in [-0.4, -0.2) is 26.6 Å². The van der Waals surface area contributed by atoms with Gasteiger partial charge in [0.05, 0.1) is 17.0 Å². The first-order valence-corrected chi connectivity index (χ1v) is 9.94. The van der Waals surface area contributed by atoms with Crippen LogP contribution in [0.5, 0.6) is 0 Å². The molecule has 154 valence electrons. The van der Waals surface area contributed by atoms with Crippen LogP contribution in [0.2, 0.25) is 0 Å². The highest BCUT2D eigenvalue weighted by molar-refractivity contribution is 5.96. The van der Waals surface area contributed by atoms with Crippen molar-refractivity contribution in [3.8, 4) is 22.5 Å². The number of rotatable bonds is 4. The number of fused-ring (bicyclic) bond motifs is 1. The first-order chi connectivity index (χ1) is 14.9. The maximum Gasteiger partial charge on any atom is 0.270 e. The molecule has 1 N–H and O–H groups in total. The number of nitrogens with one attached hydrogen (secondary N) is 1. The standard InChI is InChI=1S/C24H18F2N4O/c1-24(11-12-24)28-23(31)19-10-4-9-18(27-19)15-6-2-5-14-13-20(29-30-22(14)15)21-16(25)7-3-8-17(21)26/h2-10,13H,11-12H2,1H3,(H,28,31). The summed E-state index contributed by atoms with van der Waals surface area (Å²) in [4.78, 5) is 17.1. The minimum absolute atomic E-state index is 0.110. The molecular weight excluding hydrogens is 398 g/mol. The topological polar surface area (TPSA) is 67.8 Å². The van der Waals surface area contributed by atoms with Gasteiger partial charge in [0.25, 0.3) is 5.91 Å². The van der Waals surface area contributed by atoms with Gasteiger partial charge >= 0.3 is 0 Å². The van der Waals surface area contributed by atoms with E-state index in [1.807, 2.05) is 13.0 Å². The molecule has 5 nitrogen and oxygen atoms in total. The summed E-state index contributed by atoms with van der Waals surface area (Å²) in [7, 11) is 0. The maximum absolute atomic E-state index is 14.2. The Morgan fingerprint density at radius 2 is 1.65 bits per heavy atom. The van der Waals surface area contributed by atoms with E-state index >= 15 is 0 Å². The lowest BCUT2D eigenvalue weighted by molar-refractivity contribution is 0.0930. The molecule has 0 aliphatic heterocycles. The zero-order chi connectivity index (χ0) is 21.6. The van der Waals surface area contributed by atoms with Gasteiger partial charge in [-0.05, 0) is 50.1 Å². The second kappa shape index (κ2) is 7.19. The summed E-state index contributed by atoms with van der Waals surface area (Å²) in [5.41, 5.74) is 1.85. The lowest BCUT2D eigenvalue weighted by atomic mass is 10.0.